The van der Waals surface area contributed by atoms with Crippen LogP contribution in [0.5, 0.6) is 0 Å². The van der Waals surface area contributed by atoms with Gasteiger partial charge in [-0.05, 0) is 30.7 Å². The molecule has 124 valence electrons. The van der Waals surface area contributed by atoms with Gasteiger partial charge in [-0.3, -0.25) is 4.98 Å². The molecule has 0 spiro atoms. The Morgan fingerprint density at radius 1 is 1.33 bits per heavy atom. The van der Waals surface area contributed by atoms with Crippen molar-refractivity contribution in [2.24, 2.45) is 0 Å². The molecule has 0 radical (unpaired) electrons. The number of fused-ring (bicyclic) bond motifs is 1. The monoisotopic (exact) mass is 342 g/mol. The first-order valence-corrected chi connectivity index (χ1v) is 8.57. The summed E-state index contributed by atoms with van der Waals surface area (Å²) in [5.74, 6) is -0.495. The zero-order chi connectivity index (χ0) is 16.9. The Balaban J connectivity index is 1.91. The lowest BCUT2D eigenvalue weighted by atomic mass is 10.2. The second-order valence-corrected chi connectivity index (χ2v) is 6.50. The molecule has 0 fully saturated rings. The minimum atomic E-state index is -1.06. The minimum absolute atomic E-state index is 0.556. The van der Waals surface area contributed by atoms with Gasteiger partial charge in [-0.2, -0.15) is 9.61 Å². The maximum absolute atomic E-state index is 11.3. The summed E-state index contributed by atoms with van der Waals surface area (Å²) in [5.41, 5.74) is 1.39. The van der Waals surface area contributed by atoms with Crippen LogP contribution < -0.4 is 5.11 Å². The Morgan fingerprint density at radius 2 is 2.21 bits per heavy atom. The molecule has 0 bridgehead atoms. The van der Waals surface area contributed by atoms with Crippen LogP contribution in [0, 0.1) is 0 Å². The molecule has 3 aromatic rings. The van der Waals surface area contributed by atoms with Crippen LogP contribution in [0.3, 0.4) is 0 Å². The summed E-state index contributed by atoms with van der Waals surface area (Å²) in [6, 6.07) is 7.21. The lowest BCUT2D eigenvalue weighted by Gasteiger charge is -2.16. The first-order valence-electron chi connectivity index (χ1n) is 7.69. The normalized spacial score (nSPS) is 12.4. The molecule has 0 saturated heterocycles. The van der Waals surface area contributed by atoms with Gasteiger partial charge in [-0.1, -0.05) is 31.5 Å². The Hall–Kier alpha value is -2.48. The smallest absolute Gasteiger partial charge is 0.186 e. The molecule has 0 aliphatic carbocycles. The molecule has 7 nitrogen and oxygen atoms in total. The maximum Gasteiger partial charge on any atom is 0.186 e. The van der Waals surface area contributed by atoms with Crippen LogP contribution in [-0.2, 0) is 4.79 Å². The number of carbonyl (C=O) groups is 1. The highest BCUT2D eigenvalue weighted by molar-refractivity contribution is 8.00. The maximum atomic E-state index is 11.3. The molecular formula is C16H16N5O2S-. The van der Waals surface area contributed by atoms with E-state index < -0.39 is 11.2 Å². The molecule has 3 aromatic heterocycles. The Kier molecular flexibility index (Phi) is 5.05. The van der Waals surface area contributed by atoms with Gasteiger partial charge in [-0.25, -0.2) is 0 Å². The third kappa shape index (κ3) is 3.53. The number of rotatable bonds is 7. The van der Waals surface area contributed by atoms with E-state index in [1.54, 1.807) is 29.0 Å². The predicted octanol–water partition coefficient (Wildman–Crippen LogP) is 1.59. The van der Waals surface area contributed by atoms with E-state index in [9.17, 15) is 9.90 Å². The topological polar surface area (TPSA) is 96.1 Å². The summed E-state index contributed by atoms with van der Waals surface area (Å²) in [6.45, 7) is 2.03. The minimum Gasteiger partial charge on any atom is -0.549 e. The van der Waals surface area contributed by atoms with Gasteiger partial charge in [-0.15, -0.1) is 10.2 Å². The highest BCUT2D eigenvalue weighted by Crippen LogP contribution is 2.26. The van der Waals surface area contributed by atoms with Crippen LogP contribution >= 0.6 is 11.8 Å². The SMILES string of the molecule is CCCC[C@@H](Sc1ccc2nnc(-c3cccnc3)n2n1)C(=O)[O-]. The van der Waals surface area contributed by atoms with Crippen molar-refractivity contribution in [2.45, 2.75) is 36.5 Å². The van der Waals surface area contributed by atoms with Crippen LogP contribution in [0.1, 0.15) is 26.2 Å². The van der Waals surface area contributed by atoms with Crippen molar-refractivity contribution in [2.75, 3.05) is 0 Å². The number of carboxylic acids is 1. The van der Waals surface area contributed by atoms with Gasteiger partial charge in [0.05, 0.1) is 11.2 Å². The number of pyridine rings is 1. The van der Waals surface area contributed by atoms with Gasteiger partial charge in [0.25, 0.3) is 0 Å². The van der Waals surface area contributed by atoms with Gasteiger partial charge in [0.1, 0.15) is 5.03 Å². The Bertz CT molecular complexity index is 837. The van der Waals surface area contributed by atoms with Crippen LogP contribution in [0.2, 0.25) is 0 Å². The first-order chi connectivity index (χ1) is 11.7. The number of carboxylic acid groups (broad SMARTS) is 1. The van der Waals surface area contributed by atoms with Crippen LogP contribution in [0.4, 0.5) is 0 Å². The predicted molar refractivity (Wildman–Crippen MR) is 88.2 cm³/mol. The van der Waals surface area contributed by atoms with Crippen molar-refractivity contribution < 1.29 is 9.90 Å². The molecule has 0 aromatic carbocycles. The van der Waals surface area contributed by atoms with E-state index in [1.165, 1.54) is 11.8 Å². The van der Waals surface area contributed by atoms with Gasteiger partial charge in [0.15, 0.2) is 11.5 Å². The zero-order valence-electron chi connectivity index (χ0n) is 13.1. The van der Waals surface area contributed by atoms with Crippen molar-refractivity contribution in [1.29, 1.82) is 0 Å². The third-order valence-corrected chi connectivity index (χ3v) is 4.68. The molecule has 1 atom stereocenters. The Labute approximate surface area is 143 Å². The van der Waals surface area contributed by atoms with E-state index in [-0.39, 0.29) is 0 Å². The number of hydrogen-bond donors (Lipinski definition) is 0. The molecule has 8 heteroatoms. The van der Waals surface area contributed by atoms with Crippen molar-refractivity contribution in [3.63, 3.8) is 0 Å². The molecule has 0 unspecified atom stereocenters. The van der Waals surface area contributed by atoms with Crippen LogP contribution in [0.25, 0.3) is 17.0 Å². The van der Waals surface area contributed by atoms with Crippen molar-refractivity contribution in [3.05, 3.63) is 36.7 Å². The number of aromatic nitrogens is 5. The standard InChI is InChI=1S/C16H17N5O2S/c1-2-3-6-12(16(22)23)24-14-8-7-13-18-19-15(21(13)20-14)11-5-4-9-17-10-11/h4-5,7-10,12H,2-3,6H2,1H3,(H,22,23)/p-1/t12-/m1/s1. The number of hydrogen-bond acceptors (Lipinski definition) is 7. The molecule has 3 heterocycles. The number of nitrogens with zero attached hydrogens (tertiary/aromatic N) is 5. The van der Waals surface area contributed by atoms with E-state index in [0.29, 0.717) is 22.9 Å². The molecule has 0 aliphatic rings. The van der Waals surface area contributed by atoms with Gasteiger partial charge in [0, 0.05) is 18.0 Å². The van der Waals surface area contributed by atoms with E-state index in [1.807, 2.05) is 19.1 Å². The van der Waals surface area contributed by atoms with Crippen LogP contribution in [-0.4, -0.2) is 36.0 Å². The van der Waals surface area contributed by atoms with Crippen molar-refractivity contribution >= 4 is 23.4 Å². The van der Waals surface area contributed by atoms with E-state index in [2.05, 4.69) is 20.3 Å². The van der Waals surface area contributed by atoms with Crippen molar-refractivity contribution in [3.8, 4) is 11.4 Å². The Morgan fingerprint density at radius 3 is 2.92 bits per heavy atom. The summed E-state index contributed by atoms with van der Waals surface area (Å²) in [5, 5.41) is 24.0. The lowest BCUT2D eigenvalue weighted by Crippen LogP contribution is -2.33. The second-order valence-electron chi connectivity index (χ2n) is 5.27. The van der Waals surface area contributed by atoms with Gasteiger partial charge < -0.3 is 9.90 Å². The number of thioether (sulfide) groups is 1. The highest BCUT2D eigenvalue weighted by atomic mass is 32.2. The largest absolute Gasteiger partial charge is 0.549 e. The fraction of sp³-hybridized carbons (Fsp3) is 0.312. The van der Waals surface area contributed by atoms with E-state index in [4.69, 9.17) is 0 Å². The molecule has 0 N–H and O–H groups in total. The third-order valence-electron chi connectivity index (χ3n) is 3.50. The van der Waals surface area contributed by atoms with Crippen molar-refractivity contribution in [1.82, 2.24) is 24.8 Å². The van der Waals surface area contributed by atoms with Gasteiger partial charge >= 0.3 is 0 Å². The molecule has 0 aliphatic heterocycles. The summed E-state index contributed by atoms with van der Waals surface area (Å²) in [4.78, 5) is 15.4. The van der Waals surface area contributed by atoms with E-state index in [0.717, 1.165) is 18.4 Å². The lowest BCUT2D eigenvalue weighted by molar-refractivity contribution is -0.304. The average Bonchev–Trinajstić information content (AvgIpc) is 3.02. The quantitative estimate of drug-likeness (QED) is 0.601. The van der Waals surface area contributed by atoms with E-state index >= 15 is 0 Å². The molecule has 24 heavy (non-hydrogen) atoms. The molecular weight excluding hydrogens is 326 g/mol. The average molecular weight is 342 g/mol. The summed E-state index contributed by atoms with van der Waals surface area (Å²) in [6.07, 6.45) is 5.69. The van der Waals surface area contributed by atoms with Crippen LogP contribution in [0.15, 0.2) is 41.7 Å². The second kappa shape index (κ2) is 7.39. The number of carbonyl (C=O) groups excluding carboxylic acids is 1. The molecule has 3 rings (SSSR count). The summed E-state index contributed by atoms with van der Waals surface area (Å²) in [7, 11) is 0. The fourth-order valence-electron chi connectivity index (χ4n) is 2.27. The van der Waals surface area contributed by atoms with Gasteiger partial charge in [0.2, 0.25) is 0 Å². The number of unbranched alkanes of at least 4 members (excludes halogenated alkanes) is 1. The fourth-order valence-corrected chi connectivity index (χ4v) is 3.22. The zero-order valence-corrected chi connectivity index (χ0v) is 13.9. The molecule has 0 saturated carbocycles. The highest BCUT2D eigenvalue weighted by Gasteiger charge is 2.15. The summed E-state index contributed by atoms with van der Waals surface area (Å²) < 4.78 is 1.60. The molecule has 0 amide bonds. The number of aliphatic carboxylic acids is 1. The summed E-state index contributed by atoms with van der Waals surface area (Å²) >= 11 is 1.19. The first kappa shape index (κ1) is 16.4.